The minimum Gasteiger partial charge on any atom is -0.383 e. The first-order valence-electron chi connectivity index (χ1n) is 9.51. The number of nitrogens with zero attached hydrogens (tertiary/aromatic N) is 3. The van der Waals surface area contributed by atoms with Crippen LogP contribution in [0.25, 0.3) is 11.3 Å². The Morgan fingerprint density at radius 2 is 2.00 bits per heavy atom. The summed E-state index contributed by atoms with van der Waals surface area (Å²) in [6.45, 7) is 4.99. The summed E-state index contributed by atoms with van der Waals surface area (Å²) in [5.74, 6) is 0.223. The summed E-state index contributed by atoms with van der Waals surface area (Å²) in [7, 11) is -3.48. The second kappa shape index (κ2) is 7.52. The smallest absolute Gasteiger partial charge is 0.227 e. The van der Waals surface area contributed by atoms with Gasteiger partial charge >= 0.3 is 0 Å². The summed E-state index contributed by atoms with van der Waals surface area (Å²) < 4.78 is 24.2. The second-order valence-electron chi connectivity index (χ2n) is 8.10. The zero-order valence-corrected chi connectivity index (χ0v) is 18.8. The third kappa shape index (κ3) is 4.07. The highest BCUT2D eigenvalue weighted by Crippen LogP contribution is 2.41. The average Bonchev–Trinajstić information content (AvgIpc) is 3.01. The van der Waals surface area contributed by atoms with Crippen LogP contribution >= 0.6 is 11.6 Å². The van der Waals surface area contributed by atoms with Crippen LogP contribution in [0.5, 0.6) is 0 Å². The molecule has 3 aromatic rings. The van der Waals surface area contributed by atoms with Crippen LogP contribution in [0.2, 0.25) is 5.02 Å². The van der Waals surface area contributed by atoms with E-state index in [1.54, 1.807) is 18.3 Å². The third-order valence-electron chi connectivity index (χ3n) is 5.23. The van der Waals surface area contributed by atoms with Gasteiger partial charge in [-0.3, -0.25) is 0 Å². The molecule has 4 rings (SSSR count). The number of sulfone groups is 1. The van der Waals surface area contributed by atoms with Crippen LogP contribution in [0, 0.1) is 11.3 Å². The maximum atomic E-state index is 12.1. The molecule has 9 heteroatoms. The number of nitriles is 1. The Balaban J connectivity index is 1.77. The van der Waals surface area contributed by atoms with Gasteiger partial charge in [-0.05, 0) is 42.0 Å². The Hall–Kier alpha value is -3.15. The van der Waals surface area contributed by atoms with Gasteiger partial charge in [-0.15, -0.1) is 0 Å². The molecule has 2 aromatic carbocycles. The van der Waals surface area contributed by atoms with Crippen molar-refractivity contribution in [3.05, 3.63) is 58.7 Å². The largest absolute Gasteiger partial charge is 0.383 e. The normalized spacial score (nSPS) is 14.4. The van der Waals surface area contributed by atoms with Gasteiger partial charge in [0.2, 0.25) is 5.95 Å². The molecule has 0 fully saturated rings. The van der Waals surface area contributed by atoms with Gasteiger partial charge in [-0.1, -0.05) is 25.4 Å². The molecule has 0 spiro atoms. The fourth-order valence-electron chi connectivity index (χ4n) is 3.63. The lowest BCUT2D eigenvalue weighted by Gasteiger charge is -2.18. The van der Waals surface area contributed by atoms with Gasteiger partial charge in [-0.2, -0.15) is 5.26 Å². The number of aromatic nitrogens is 2. The molecule has 0 saturated carbocycles. The molecule has 0 aliphatic carbocycles. The SMILES string of the molecule is CC1(C)CNc2c(C#N)cc(-c3ccnc(Nc4cc(Cl)ccc4S(C)(=O)=O)n3)cc21. The second-order valence-corrected chi connectivity index (χ2v) is 10.5. The highest BCUT2D eigenvalue weighted by molar-refractivity contribution is 7.90. The first-order valence-corrected chi connectivity index (χ1v) is 11.8. The summed E-state index contributed by atoms with van der Waals surface area (Å²) in [4.78, 5) is 8.87. The van der Waals surface area contributed by atoms with Gasteiger partial charge in [0, 0.05) is 35.0 Å². The predicted molar refractivity (Wildman–Crippen MR) is 122 cm³/mol. The topological polar surface area (TPSA) is 108 Å². The van der Waals surface area contributed by atoms with Crippen LogP contribution in [0.3, 0.4) is 0 Å². The molecular weight excluding hydrogens is 434 g/mol. The van der Waals surface area contributed by atoms with E-state index in [1.165, 1.54) is 18.2 Å². The van der Waals surface area contributed by atoms with E-state index in [0.29, 0.717) is 22.0 Å². The first kappa shape index (κ1) is 21.1. The molecule has 2 N–H and O–H groups in total. The van der Waals surface area contributed by atoms with Crippen LogP contribution in [-0.4, -0.2) is 31.2 Å². The van der Waals surface area contributed by atoms with Crippen molar-refractivity contribution in [3.63, 3.8) is 0 Å². The molecule has 0 radical (unpaired) electrons. The van der Waals surface area contributed by atoms with Gasteiger partial charge in [0.15, 0.2) is 9.84 Å². The van der Waals surface area contributed by atoms with E-state index in [9.17, 15) is 13.7 Å². The van der Waals surface area contributed by atoms with Crippen molar-refractivity contribution in [2.24, 2.45) is 0 Å². The molecule has 1 aliphatic heterocycles. The molecule has 0 atom stereocenters. The molecule has 0 bridgehead atoms. The van der Waals surface area contributed by atoms with Crippen molar-refractivity contribution in [2.75, 3.05) is 23.4 Å². The number of rotatable bonds is 4. The van der Waals surface area contributed by atoms with E-state index in [4.69, 9.17) is 11.6 Å². The number of nitrogens with one attached hydrogen (secondary N) is 2. The molecule has 0 saturated heterocycles. The highest BCUT2D eigenvalue weighted by atomic mass is 35.5. The van der Waals surface area contributed by atoms with Crippen molar-refractivity contribution in [3.8, 4) is 17.3 Å². The first-order chi connectivity index (χ1) is 14.6. The Bertz CT molecular complexity index is 1350. The zero-order chi connectivity index (χ0) is 22.4. The van der Waals surface area contributed by atoms with Gasteiger partial charge in [0.1, 0.15) is 6.07 Å². The zero-order valence-electron chi connectivity index (χ0n) is 17.2. The number of halogens is 1. The Kier molecular flexibility index (Phi) is 5.12. The minimum absolute atomic E-state index is 0.100. The van der Waals surface area contributed by atoms with Crippen LogP contribution < -0.4 is 10.6 Å². The monoisotopic (exact) mass is 453 g/mol. The average molecular weight is 454 g/mol. The van der Waals surface area contributed by atoms with Crippen molar-refractivity contribution in [1.82, 2.24) is 9.97 Å². The lowest BCUT2D eigenvalue weighted by Crippen LogP contribution is -2.18. The van der Waals surface area contributed by atoms with Gasteiger partial charge < -0.3 is 10.6 Å². The molecular formula is C22H20ClN5O2S. The van der Waals surface area contributed by atoms with Crippen LogP contribution in [-0.2, 0) is 15.3 Å². The van der Waals surface area contributed by atoms with Gasteiger partial charge in [-0.25, -0.2) is 18.4 Å². The van der Waals surface area contributed by atoms with Crippen molar-refractivity contribution in [1.29, 1.82) is 5.26 Å². The van der Waals surface area contributed by atoms with Crippen molar-refractivity contribution < 1.29 is 8.42 Å². The number of hydrogen-bond acceptors (Lipinski definition) is 7. The number of hydrogen-bond donors (Lipinski definition) is 2. The molecule has 2 heterocycles. The fraction of sp³-hybridized carbons (Fsp3) is 0.227. The molecule has 7 nitrogen and oxygen atoms in total. The van der Waals surface area contributed by atoms with E-state index in [0.717, 1.165) is 29.6 Å². The molecule has 1 aromatic heterocycles. The standard InChI is InChI=1S/C22H20ClN5O2S/c1-22(2)12-26-20-14(11-24)8-13(9-16(20)22)17-6-7-25-21(27-17)28-18-10-15(23)4-5-19(18)31(3,29)30/h4-10,26H,12H2,1-3H3,(H,25,27,28). The van der Waals surface area contributed by atoms with E-state index in [-0.39, 0.29) is 16.3 Å². The molecule has 1 aliphatic rings. The number of fused-ring (bicyclic) bond motifs is 1. The van der Waals surface area contributed by atoms with Gasteiger partial charge in [0.25, 0.3) is 0 Å². The number of benzene rings is 2. The van der Waals surface area contributed by atoms with Gasteiger partial charge in [0.05, 0.1) is 27.5 Å². The summed E-state index contributed by atoms with van der Waals surface area (Å²) in [5, 5.41) is 16.3. The molecule has 31 heavy (non-hydrogen) atoms. The van der Waals surface area contributed by atoms with Crippen molar-refractivity contribution in [2.45, 2.75) is 24.2 Å². The summed E-state index contributed by atoms with van der Waals surface area (Å²) in [5.41, 5.74) is 4.05. The van der Waals surface area contributed by atoms with E-state index < -0.39 is 9.84 Å². The summed E-state index contributed by atoms with van der Waals surface area (Å²) >= 11 is 6.06. The van der Waals surface area contributed by atoms with E-state index in [1.807, 2.05) is 6.07 Å². The minimum atomic E-state index is -3.48. The lowest BCUT2D eigenvalue weighted by atomic mass is 9.85. The Morgan fingerprint density at radius 1 is 1.23 bits per heavy atom. The quantitative estimate of drug-likeness (QED) is 0.597. The summed E-state index contributed by atoms with van der Waals surface area (Å²) in [6, 6.07) is 12.3. The maximum absolute atomic E-state index is 12.1. The Labute approximate surface area is 186 Å². The Morgan fingerprint density at radius 3 is 2.71 bits per heavy atom. The van der Waals surface area contributed by atoms with Crippen LogP contribution in [0.15, 0.2) is 47.5 Å². The molecule has 0 amide bonds. The van der Waals surface area contributed by atoms with E-state index >= 15 is 0 Å². The number of anilines is 3. The molecule has 0 unspecified atom stereocenters. The molecule has 158 valence electrons. The van der Waals surface area contributed by atoms with Crippen molar-refractivity contribution >= 4 is 38.8 Å². The van der Waals surface area contributed by atoms with Crippen LogP contribution in [0.1, 0.15) is 25.0 Å². The predicted octanol–water partition coefficient (Wildman–Crippen LogP) is 4.52. The highest BCUT2D eigenvalue weighted by Gasteiger charge is 2.32. The van der Waals surface area contributed by atoms with E-state index in [2.05, 4.69) is 40.5 Å². The maximum Gasteiger partial charge on any atom is 0.227 e. The fourth-order valence-corrected chi connectivity index (χ4v) is 4.63. The lowest BCUT2D eigenvalue weighted by molar-refractivity contribution is 0.586. The summed E-state index contributed by atoms with van der Waals surface area (Å²) in [6.07, 6.45) is 2.71. The third-order valence-corrected chi connectivity index (χ3v) is 6.62. The van der Waals surface area contributed by atoms with Crippen LogP contribution in [0.4, 0.5) is 17.3 Å².